The van der Waals surface area contributed by atoms with Gasteiger partial charge in [-0.15, -0.1) is 0 Å². The van der Waals surface area contributed by atoms with E-state index in [0.29, 0.717) is 47.9 Å². The molecule has 3 N–H and O–H groups in total. The van der Waals surface area contributed by atoms with Crippen LogP contribution in [0.1, 0.15) is 31.2 Å². The Morgan fingerprint density at radius 1 is 1.38 bits per heavy atom. The normalized spacial score (nSPS) is 18.4. The summed E-state index contributed by atoms with van der Waals surface area (Å²) < 4.78 is 5.19. The number of carbonyl (C=O) groups is 1. The van der Waals surface area contributed by atoms with Crippen molar-refractivity contribution in [1.29, 1.82) is 0 Å². The number of carbonyl (C=O) groups excluding carboxylic acids is 1. The summed E-state index contributed by atoms with van der Waals surface area (Å²) in [5, 5.41) is 4.18. The maximum absolute atomic E-state index is 11.7. The van der Waals surface area contributed by atoms with Crippen LogP contribution in [0, 0.1) is 0 Å². The second-order valence-electron chi connectivity index (χ2n) is 6.04. The summed E-state index contributed by atoms with van der Waals surface area (Å²) in [5.74, 6) is 0.586. The fraction of sp³-hybridized carbons (Fsp3) is 0.588. The Labute approximate surface area is 153 Å². The van der Waals surface area contributed by atoms with Crippen LogP contribution in [0.4, 0.5) is 0 Å². The lowest BCUT2D eigenvalue weighted by Crippen LogP contribution is -2.46. The van der Waals surface area contributed by atoms with Crippen LogP contribution < -0.4 is 15.8 Å². The first-order valence-corrected chi connectivity index (χ1v) is 9.03. The minimum atomic E-state index is 0.00791. The van der Waals surface area contributed by atoms with Gasteiger partial charge in [0.15, 0.2) is 0 Å². The van der Waals surface area contributed by atoms with Gasteiger partial charge in [0.2, 0.25) is 5.91 Å². The first-order chi connectivity index (χ1) is 11.5. The number of rotatable bonds is 7. The van der Waals surface area contributed by atoms with E-state index in [4.69, 9.17) is 33.7 Å². The van der Waals surface area contributed by atoms with Crippen molar-refractivity contribution in [1.82, 2.24) is 10.2 Å². The van der Waals surface area contributed by atoms with Crippen LogP contribution in [0.3, 0.4) is 0 Å². The fourth-order valence-electron chi connectivity index (χ4n) is 3.02. The second kappa shape index (κ2) is 9.47. The summed E-state index contributed by atoms with van der Waals surface area (Å²) in [5.41, 5.74) is 6.39. The third kappa shape index (κ3) is 5.24. The van der Waals surface area contributed by atoms with Crippen LogP contribution in [0.25, 0.3) is 0 Å². The monoisotopic (exact) mass is 373 g/mol. The number of nitrogens with one attached hydrogen (secondary N) is 1. The lowest BCUT2D eigenvalue weighted by atomic mass is 10.0. The molecule has 1 aromatic carbocycles. The number of hydrogen-bond acceptors (Lipinski definition) is 4. The van der Waals surface area contributed by atoms with Crippen molar-refractivity contribution in [3.63, 3.8) is 0 Å². The molecule has 7 heteroatoms. The van der Waals surface area contributed by atoms with Crippen LogP contribution in [0.15, 0.2) is 12.1 Å². The molecule has 1 aliphatic heterocycles. The van der Waals surface area contributed by atoms with E-state index < -0.39 is 0 Å². The molecule has 0 radical (unpaired) electrons. The summed E-state index contributed by atoms with van der Waals surface area (Å²) >= 11 is 12.6. The maximum Gasteiger partial charge on any atom is 0.221 e. The molecule has 1 atom stereocenters. The molecule has 1 unspecified atom stereocenters. The lowest BCUT2D eigenvalue weighted by molar-refractivity contribution is -0.121. The van der Waals surface area contributed by atoms with Gasteiger partial charge in [-0.05, 0) is 31.0 Å². The van der Waals surface area contributed by atoms with Gasteiger partial charge in [0.25, 0.3) is 0 Å². The molecule has 0 aliphatic carbocycles. The Morgan fingerprint density at radius 3 is 2.88 bits per heavy atom. The van der Waals surface area contributed by atoms with Gasteiger partial charge in [0.05, 0.1) is 12.1 Å². The minimum absolute atomic E-state index is 0.00791. The van der Waals surface area contributed by atoms with Gasteiger partial charge < -0.3 is 15.8 Å². The highest BCUT2D eigenvalue weighted by molar-refractivity contribution is 6.34. The summed E-state index contributed by atoms with van der Waals surface area (Å²) in [6.07, 6.45) is 3.75. The predicted octanol–water partition coefficient (Wildman–Crippen LogP) is 2.82. The van der Waals surface area contributed by atoms with Gasteiger partial charge in [0.1, 0.15) is 5.75 Å². The van der Waals surface area contributed by atoms with Crippen molar-refractivity contribution in [3.8, 4) is 5.75 Å². The summed E-state index contributed by atoms with van der Waals surface area (Å²) in [7, 11) is 1.57. The highest BCUT2D eigenvalue weighted by Gasteiger charge is 2.24. The minimum Gasteiger partial charge on any atom is -0.495 e. The van der Waals surface area contributed by atoms with Crippen molar-refractivity contribution in [2.75, 3.05) is 26.7 Å². The van der Waals surface area contributed by atoms with Gasteiger partial charge in [-0.1, -0.05) is 29.6 Å². The molecule has 24 heavy (non-hydrogen) atoms. The maximum atomic E-state index is 11.7. The molecular formula is C17H25Cl2N3O2. The highest BCUT2D eigenvalue weighted by Crippen LogP contribution is 2.32. The predicted molar refractivity (Wildman–Crippen MR) is 97.7 cm³/mol. The Bertz CT molecular complexity index is 569. The molecular weight excluding hydrogens is 349 g/mol. The van der Waals surface area contributed by atoms with E-state index in [1.807, 2.05) is 6.07 Å². The number of methoxy groups -OCH3 is 1. The number of hydrogen-bond donors (Lipinski definition) is 2. The SMILES string of the molecule is COc1cc(Cl)c(CN2CCCCC2CNC(=O)CCN)cc1Cl. The smallest absolute Gasteiger partial charge is 0.221 e. The lowest BCUT2D eigenvalue weighted by Gasteiger charge is -2.36. The van der Waals surface area contributed by atoms with Crippen LogP contribution in [-0.2, 0) is 11.3 Å². The first-order valence-electron chi connectivity index (χ1n) is 8.28. The second-order valence-corrected chi connectivity index (χ2v) is 6.86. The Hall–Kier alpha value is -1.01. The molecule has 1 fully saturated rings. The van der Waals surface area contributed by atoms with E-state index in [1.165, 1.54) is 6.42 Å². The molecule has 0 saturated carbocycles. The van der Waals surface area contributed by atoms with Crippen LogP contribution in [0.2, 0.25) is 10.0 Å². The average molecular weight is 374 g/mol. The van der Waals surface area contributed by atoms with E-state index in [9.17, 15) is 4.79 Å². The van der Waals surface area contributed by atoms with E-state index in [1.54, 1.807) is 13.2 Å². The van der Waals surface area contributed by atoms with Crippen molar-refractivity contribution in [2.24, 2.45) is 5.73 Å². The molecule has 1 aromatic rings. The zero-order chi connectivity index (χ0) is 17.5. The number of halogens is 2. The van der Waals surface area contributed by atoms with Gasteiger partial charge in [0, 0.05) is 43.2 Å². The van der Waals surface area contributed by atoms with Crippen molar-refractivity contribution < 1.29 is 9.53 Å². The van der Waals surface area contributed by atoms with E-state index in [0.717, 1.165) is 24.9 Å². The van der Waals surface area contributed by atoms with Crippen LogP contribution in [-0.4, -0.2) is 43.6 Å². The first kappa shape index (κ1) is 19.3. The summed E-state index contributed by atoms with van der Waals surface area (Å²) in [4.78, 5) is 14.0. The van der Waals surface area contributed by atoms with E-state index in [-0.39, 0.29) is 5.91 Å². The number of benzene rings is 1. The summed E-state index contributed by atoms with van der Waals surface area (Å²) in [6, 6.07) is 3.92. The topological polar surface area (TPSA) is 67.6 Å². The van der Waals surface area contributed by atoms with Gasteiger partial charge in [-0.3, -0.25) is 9.69 Å². The standard InChI is InChI=1S/C17H25Cl2N3O2/c1-24-16-9-14(18)12(8-15(16)19)11-22-7-3-2-4-13(22)10-21-17(23)5-6-20/h8-9,13H,2-7,10-11,20H2,1H3,(H,21,23). The molecule has 0 bridgehead atoms. The molecule has 134 valence electrons. The number of amides is 1. The molecule has 1 amide bonds. The van der Waals surface area contributed by atoms with Gasteiger partial charge in [-0.25, -0.2) is 0 Å². The number of likely N-dealkylation sites (tertiary alicyclic amines) is 1. The zero-order valence-corrected chi connectivity index (χ0v) is 15.5. The quantitative estimate of drug-likeness (QED) is 0.770. The van der Waals surface area contributed by atoms with E-state index >= 15 is 0 Å². The Balaban J connectivity index is 2.03. The number of ether oxygens (including phenoxy) is 1. The molecule has 0 aromatic heterocycles. The molecule has 5 nitrogen and oxygen atoms in total. The van der Waals surface area contributed by atoms with E-state index in [2.05, 4.69) is 10.2 Å². The Kier molecular flexibility index (Phi) is 7.62. The molecule has 0 spiro atoms. The molecule has 2 rings (SSSR count). The number of nitrogens with zero attached hydrogens (tertiary/aromatic N) is 1. The molecule has 1 heterocycles. The third-order valence-electron chi connectivity index (χ3n) is 4.35. The third-order valence-corrected chi connectivity index (χ3v) is 5.00. The van der Waals surface area contributed by atoms with Crippen molar-refractivity contribution in [3.05, 3.63) is 27.7 Å². The zero-order valence-electron chi connectivity index (χ0n) is 14.0. The van der Waals surface area contributed by atoms with Crippen molar-refractivity contribution >= 4 is 29.1 Å². The largest absolute Gasteiger partial charge is 0.495 e. The average Bonchev–Trinajstić information content (AvgIpc) is 2.57. The Morgan fingerprint density at radius 2 is 2.17 bits per heavy atom. The van der Waals surface area contributed by atoms with Gasteiger partial charge in [-0.2, -0.15) is 0 Å². The van der Waals surface area contributed by atoms with Gasteiger partial charge >= 0.3 is 0 Å². The fourth-order valence-corrected chi connectivity index (χ4v) is 3.49. The number of nitrogens with two attached hydrogens (primary N) is 1. The molecule has 1 aliphatic rings. The summed E-state index contributed by atoms with van der Waals surface area (Å²) in [6.45, 7) is 2.71. The number of piperidine rings is 1. The highest BCUT2D eigenvalue weighted by atomic mass is 35.5. The van der Waals surface area contributed by atoms with Crippen molar-refractivity contribution in [2.45, 2.75) is 38.3 Å². The molecule has 1 saturated heterocycles. The van der Waals surface area contributed by atoms with Crippen LogP contribution >= 0.6 is 23.2 Å². The van der Waals surface area contributed by atoms with Crippen LogP contribution in [0.5, 0.6) is 5.75 Å².